The van der Waals surface area contributed by atoms with E-state index >= 15 is 0 Å². The molecule has 0 saturated carbocycles. The number of methoxy groups -OCH3 is 1. The summed E-state index contributed by atoms with van der Waals surface area (Å²) in [4.78, 5) is 26.1. The van der Waals surface area contributed by atoms with Gasteiger partial charge in [0.05, 0.1) is 6.61 Å². The quantitative estimate of drug-likeness (QED) is 0.730. The van der Waals surface area contributed by atoms with Crippen molar-refractivity contribution in [1.82, 2.24) is 10.2 Å². The van der Waals surface area contributed by atoms with Crippen molar-refractivity contribution in [1.29, 1.82) is 0 Å². The molecule has 26 heavy (non-hydrogen) atoms. The predicted molar refractivity (Wildman–Crippen MR) is 98.6 cm³/mol. The maximum atomic E-state index is 13.1. The largest absolute Gasteiger partial charge is 0.383 e. The molecule has 0 aliphatic carbocycles. The molecule has 1 heterocycles. The molecule has 1 atom stereocenters. The minimum atomic E-state index is -0.313. The van der Waals surface area contributed by atoms with Gasteiger partial charge in [-0.1, -0.05) is 0 Å². The van der Waals surface area contributed by atoms with Gasteiger partial charge in [0.15, 0.2) is 0 Å². The Labute approximate surface area is 154 Å². The van der Waals surface area contributed by atoms with Crippen molar-refractivity contribution >= 4 is 17.6 Å². The summed E-state index contributed by atoms with van der Waals surface area (Å²) in [7, 11) is 1.60. The minimum absolute atomic E-state index is 0.0712. The first-order valence-corrected chi connectivity index (χ1v) is 9.07. The molecule has 2 N–H and O–H groups in total. The first-order chi connectivity index (χ1) is 12.5. The summed E-state index contributed by atoms with van der Waals surface area (Å²) in [6.45, 7) is 4.17. The number of rotatable bonds is 7. The van der Waals surface area contributed by atoms with Crippen LogP contribution in [-0.4, -0.2) is 50.2 Å². The first kappa shape index (κ1) is 20.2. The average Bonchev–Trinajstić information content (AvgIpc) is 2.63. The summed E-state index contributed by atoms with van der Waals surface area (Å²) < 4.78 is 18.0. The number of halogens is 1. The van der Waals surface area contributed by atoms with Gasteiger partial charge in [0.2, 0.25) is 5.91 Å². The Hall–Kier alpha value is -2.15. The first-order valence-electron chi connectivity index (χ1n) is 9.07. The molecule has 0 spiro atoms. The molecule has 1 aromatic carbocycles. The van der Waals surface area contributed by atoms with Crippen LogP contribution in [0.4, 0.5) is 14.9 Å². The second kappa shape index (κ2) is 10.1. The third kappa shape index (κ3) is 6.29. The topological polar surface area (TPSA) is 70.7 Å². The van der Waals surface area contributed by atoms with E-state index in [2.05, 4.69) is 10.6 Å². The molecule has 1 aliphatic rings. The normalized spacial score (nSPS) is 17.0. The van der Waals surface area contributed by atoms with Gasteiger partial charge in [-0.05, 0) is 55.9 Å². The third-order valence-electron chi connectivity index (χ3n) is 4.63. The van der Waals surface area contributed by atoms with Crippen molar-refractivity contribution in [2.45, 2.75) is 32.6 Å². The molecule has 1 saturated heterocycles. The van der Waals surface area contributed by atoms with Crippen LogP contribution in [0, 0.1) is 18.7 Å². The van der Waals surface area contributed by atoms with Crippen LogP contribution in [0.2, 0.25) is 0 Å². The van der Waals surface area contributed by atoms with Crippen LogP contribution in [0.5, 0.6) is 0 Å². The highest BCUT2D eigenvalue weighted by molar-refractivity contribution is 5.91. The van der Waals surface area contributed by atoms with Crippen LogP contribution >= 0.6 is 0 Å². The fourth-order valence-electron chi connectivity index (χ4n) is 3.17. The van der Waals surface area contributed by atoms with Gasteiger partial charge in [-0.25, -0.2) is 9.18 Å². The highest BCUT2D eigenvalue weighted by Crippen LogP contribution is 2.22. The summed E-state index contributed by atoms with van der Waals surface area (Å²) in [5.41, 5.74) is 1.34. The Morgan fingerprint density at radius 2 is 2.19 bits per heavy atom. The predicted octanol–water partition coefficient (Wildman–Crippen LogP) is 2.92. The number of nitrogens with one attached hydrogen (secondary N) is 2. The lowest BCUT2D eigenvalue weighted by atomic mass is 9.93. The number of carbonyl (C=O) groups excluding carboxylic acids is 2. The molecule has 1 fully saturated rings. The Balaban J connectivity index is 1.75. The van der Waals surface area contributed by atoms with Gasteiger partial charge >= 0.3 is 6.03 Å². The van der Waals surface area contributed by atoms with Crippen molar-refractivity contribution in [3.05, 3.63) is 29.6 Å². The second-order valence-corrected chi connectivity index (χ2v) is 6.73. The number of likely N-dealkylation sites (tertiary alicyclic amines) is 1. The number of hydrogen-bond donors (Lipinski definition) is 2. The number of ether oxygens (including phenoxy) is 1. The van der Waals surface area contributed by atoms with E-state index in [0.29, 0.717) is 43.3 Å². The molecule has 0 aromatic heterocycles. The summed E-state index contributed by atoms with van der Waals surface area (Å²) in [6, 6.07) is 4.24. The van der Waals surface area contributed by atoms with Gasteiger partial charge in [-0.15, -0.1) is 0 Å². The zero-order chi connectivity index (χ0) is 18.9. The summed E-state index contributed by atoms with van der Waals surface area (Å²) >= 11 is 0. The van der Waals surface area contributed by atoms with Crippen molar-refractivity contribution in [3.63, 3.8) is 0 Å². The number of amides is 3. The third-order valence-corrected chi connectivity index (χ3v) is 4.63. The van der Waals surface area contributed by atoms with Gasteiger partial charge in [0.1, 0.15) is 5.82 Å². The molecule has 1 aliphatic heterocycles. The number of carbonyl (C=O) groups is 2. The van der Waals surface area contributed by atoms with Crippen LogP contribution in [-0.2, 0) is 9.53 Å². The molecule has 6 nitrogen and oxygen atoms in total. The van der Waals surface area contributed by atoms with Gasteiger partial charge < -0.3 is 20.3 Å². The molecule has 7 heteroatoms. The summed E-state index contributed by atoms with van der Waals surface area (Å²) in [5.74, 6) is -0.0788. The number of aryl methyl sites for hydroxylation is 1. The van der Waals surface area contributed by atoms with Crippen LogP contribution in [0.3, 0.4) is 0 Å². The fourth-order valence-corrected chi connectivity index (χ4v) is 3.17. The van der Waals surface area contributed by atoms with E-state index in [1.165, 1.54) is 12.1 Å². The molecular formula is C19H28FN3O3. The standard InChI is InChI=1S/C19H28FN3O3/c1-14-12-16(20)6-7-17(14)22-18(24)8-5-15-4-3-10-23(13-15)19(25)21-9-11-26-2/h6-7,12,15H,3-5,8-11,13H2,1-2H3,(H,21,25)(H,22,24). The Morgan fingerprint density at radius 1 is 1.38 bits per heavy atom. The van der Waals surface area contributed by atoms with E-state index in [0.717, 1.165) is 25.8 Å². The van der Waals surface area contributed by atoms with E-state index in [1.807, 2.05) is 4.90 Å². The number of urea groups is 1. The maximum absolute atomic E-state index is 13.1. The van der Waals surface area contributed by atoms with E-state index in [-0.39, 0.29) is 17.8 Å². The molecule has 3 amide bonds. The summed E-state index contributed by atoms with van der Waals surface area (Å²) in [5, 5.41) is 5.67. The molecule has 1 aromatic rings. The lowest BCUT2D eigenvalue weighted by molar-refractivity contribution is -0.116. The number of nitrogens with zero attached hydrogens (tertiary/aromatic N) is 1. The van der Waals surface area contributed by atoms with Crippen molar-refractivity contribution < 1.29 is 18.7 Å². The van der Waals surface area contributed by atoms with E-state index in [1.54, 1.807) is 20.1 Å². The highest BCUT2D eigenvalue weighted by atomic mass is 19.1. The molecule has 1 unspecified atom stereocenters. The molecule has 0 bridgehead atoms. The lowest BCUT2D eigenvalue weighted by Crippen LogP contribution is -2.46. The number of benzene rings is 1. The van der Waals surface area contributed by atoms with Crippen LogP contribution < -0.4 is 10.6 Å². The molecule has 2 rings (SSSR count). The van der Waals surface area contributed by atoms with Gasteiger partial charge in [-0.2, -0.15) is 0 Å². The smallest absolute Gasteiger partial charge is 0.317 e. The van der Waals surface area contributed by atoms with E-state index < -0.39 is 0 Å². The zero-order valence-corrected chi connectivity index (χ0v) is 15.5. The van der Waals surface area contributed by atoms with E-state index in [4.69, 9.17) is 4.74 Å². The Kier molecular flexibility index (Phi) is 7.84. The number of anilines is 1. The zero-order valence-electron chi connectivity index (χ0n) is 15.5. The summed E-state index contributed by atoms with van der Waals surface area (Å²) in [6.07, 6.45) is 3.08. The van der Waals surface area contributed by atoms with Crippen molar-refractivity contribution in [2.75, 3.05) is 38.7 Å². The average molecular weight is 365 g/mol. The highest BCUT2D eigenvalue weighted by Gasteiger charge is 2.23. The van der Waals surface area contributed by atoms with E-state index in [9.17, 15) is 14.0 Å². The number of hydrogen-bond acceptors (Lipinski definition) is 3. The molecular weight excluding hydrogens is 337 g/mol. The van der Waals surface area contributed by atoms with Crippen LogP contribution in [0.15, 0.2) is 18.2 Å². The second-order valence-electron chi connectivity index (χ2n) is 6.73. The minimum Gasteiger partial charge on any atom is -0.383 e. The SMILES string of the molecule is COCCNC(=O)N1CCCC(CCC(=O)Nc2ccc(F)cc2C)C1. The Morgan fingerprint density at radius 3 is 2.92 bits per heavy atom. The monoisotopic (exact) mass is 365 g/mol. The fraction of sp³-hybridized carbons (Fsp3) is 0.579. The van der Waals surface area contributed by atoms with Gasteiger partial charge in [0, 0.05) is 38.9 Å². The maximum Gasteiger partial charge on any atom is 0.317 e. The van der Waals surface area contributed by atoms with Crippen LogP contribution in [0.25, 0.3) is 0 Å². The lowest BCUT2D eigenvalue weighted by Gasteiger charge is -2.32. The molecule has 144 valence electrons. The van der Waals surface area contributed by atoms with Gasteiger partial charge in [0.25, 0.3) is 0 Å². The molecule has 0 radical (unpaired) electrons. The van der Waals surface area contributed by atoms with Crippen molar-refractivity contribution in [3.8, 4) is 0 Å². The Bertz CT molecular complexity index is 624. The number of piperidine rings is 1. The van der Waals surface area contributed by atoms with Gasteiger partial charge in [-0.3, -0.25) is 4.79 Å². The van der Waals surface area contributed by atoms with Crippen molar-refractivity contribution in [2.24, 2.45) is 5.92 Å². The van der Waals surface area contributed by atoms with Crippen LogP contribution in [0.1, 0.15) is 31.2 Å².